The average molecular weight is 357 g/mol. The van der Waals surface area contributed by atoms with Crippen LogP contribution in [0.3, 0.4) is 0 Å². The molecule has 0 aliphatic heterocycles. The molecule has 0 aliphatic rings. The fourth-order valence-electron chi connectivity index (χ4n) is 2.11. The van der Waals surface area contributed by atoms with Crippen molar-refractivity contribution in [2.75, 3.05) is 13.2 Å². The largest absolute Gasteiger partial charge is 0.461 e. The predicted octanol–water partition coefficient (Wildman–Crippen LogP) is 3.22. The lowest BCUT2D eigenvalue weighted by atomic mass is 10.2. The molecule has 7 heteroatoms. The van der Waals surface area contributed by atoms with Crippen molar-refractivity contribution in [3.05, 3.63) is 18.2 Å². The highest BCUT2D eigenvalue weighted by Crippen LogP contribution is 2.37. The second-order valence-corrected chi connectivity index (χ2v) is 12.3. The van der Waals surface area contributed by atoms with Crippen LogP contribution in [-0.4, -0.2) is 48.3 Å². The first kappa shape index (κ1) is 20.9. The molecule has 1 unspecified atom stereocenters. The molecule has 0 bridgehead atoms. The van der Waals surface area contributed by atoms with Gasteiger partial charge in [-0.1, -0.05) is 20.8 Å². The number of rotatable bonds is 9. The van der Waals surface area contributed by atoms with Crippen molar-refractivity contribution in [1.82, 2.24) is 9.55 Å². The molecule has 1 aromatic heterocycles. The number of ether oxygens (including phenoxy) is 1. The summed E-state index contributed by atoms with van der Waals surface area (Å²) in [4.78, 5) is 15.8. The molecule has 1 rings (SSSR count). The summed E-state index contributed by atoms with van der Waals surface area (Å²) in [5.74, 6) is -0.409. The predicted molar refractivity (Wildman–Crippen MR) is 96.6 cm³/mol. The number of hydrogen-bond donors (Lipinski definition) is 1. The molecule has 0 aliphatic carbocycles. The van der Waals surface area contributed by atoms with Crippen molar-refractivity contribution in [3.63, 3.8) is 0 Å². The third kappa shape index (κ3) is 6.03. The molecule has 1 N–H and O–H groups in total. The number of aliphatic hydroxyl groups is 1. The number of imidazole rings is 1. The Labute approximate surface area is 146 Å². The SMILES string of the molecule is CCOC(=O)c1cn(CC(CCCO)O[Si](C)(C)C(C)(C)C)cn1. The van der Waals surface area contributed by atoms with Crippen LogP contribution >= 0.6 is 0 Å². The molecule has 1 aromatic rings. The van der Waals surface area contributed by atoms with E-state index in [-0.39, 0.29) is 17.7 Å². The van der Waals surface area contributed by atoms with Crippen LogP contribution < -0.4 is 0 Å². The maximum atomic E-state index is 11.7. The lowest BCUT2D eigenvalue weighted by molar-refractivity contribution is 0.0519. The van der Waals surface area contributed by atoms with Crippen LogP contribution in [0.2, 0.25) is 18.1 Å². The maximum Gasteiger partial charge on any atom is 0.358 e. The average Bonchev–Trinajstić information content (AvgIpc) is 2.92. The summed E-state index contributed by atoms with van der Waals surface area (Å²) >= 11 is 0. The quantitative estimate of drug-likeness (QED) is 0.543. The Bertz CT molecular complexity index is 523. The summed E-state index contributed by atoms with van der Waals surface area (Å²) in [6.07, 6.45) is 4.78. The fourth-order valence-corrected chi connectivity index (χ4v) is 3.48. The lowest BCUT2D eigenvalue weighted by Gasteiger charge is -2.39. The van der Waals surface area contributed by atoms with E-state index in [4.69, 9.17) is 14.3 Å². The topological polar surface area (TPSA) is 73.6 Å². The number of nitrogens with zero attached hydrogens (tertiary/aromatic N) is 2. The zero-order valence-electron chi connectivity index (χ0n) is 15.8. The van der Waals surface area contributed by atoms with Gasteiger partial charge in [0, 0.05) is 19.3 Å². The first-order valence-electron chi connectivity index (χ1n) is 8.58. The monoisotopic (exact) mass is 356 g/mol. The number of carbonyl (C=O) groups excluding carboxylic acids is 1. The van der Waals surface area contributed by atoms with Crippen molar-refractivity contribution < 1.29 is 19.1 Å². The second kappa shape index (κ2) is 8.78. The van der Waals surface area contributed by atoms with E-state index in [9.17, 15) is 4.79 Å². The highest BCUT2D eigenvalue weighted by atomic mass is 28.4. The van der Waals surface area contributed by atoms with E-state index in [2.05, 4.69) is 38.8 Å². The van der Waals surface area contributed by atoms with E-state index in [1.54, 1.807) is 19.4 Å². The summed E-state index contributed by atoms with van der Waals surface area (Å²) < 4.78 is 13.3. The van der Waals surface area contributed by atoms with Gasteiger partial charge < -0.3 is 18.8 Å². The number of carbonyl (C=O) groups is 1. The Morgan fingerprint density at radius 3 is 2.62 bits per heavy atom. The van der Waals surface area contributed by atoms with Crippen molar-refractivity contribution in [2.45, 2.75) is 71.3 Å². The molecule has 0 aromatic carbocycles. The van der Waals surface area contributed by atoms with Crippen molar-refractivity contribution >= 4 is 14.3 Å². The van der Waals surface area contributed by atoms with Gasteiger partial charge in [0.2, 0.25) is 0 Å². The normalized spacial score (nSPS) is 13.8. The van der Waals surface area contributed by atoms with Crippen LogP contribution in [0, 0.1) is 0 Å². The van der Waals surface area contributed by atoms with Gasteiger partial charge in [-0.3, -0.25) is 0 Å². The molecule has 1 atom stereocenters. The van der Waals surface area contributed by atoms with Crippen LogP contribution in [0.5, 0.6) is 0 Å². The van der Waals surface area contributed by atoms with Gasteiger partial charge in [-0.25, -0.2) is 9.78 Å². The van der Waals surface area contributed by atoms with Crippen LogP contribution in [0.4, 0.5) is 0 Å². The van der Waals surface area contributed by atoms with Gasteiger partial charge in [0.15, 0.2) is 14.0 Å². The molecule has 0 fully saturated rings. The zero-order valence-corrected chi connectivity index (χ0v) is 16.8. The zero-order chi connectivity index (χ0) is 18.4. The van der Waals surface area contributed by atoms with Gasteiger partial charge in [-0.15, -0.1) is 0 Å². The van der Waals surface area contributed by atoms with Gasteiger partial charge in [0.25, 0.3) is 0 Å². The summed E-state index contributed by atoms with van der Waals surface area (Å²) in [7, 11) is -1.91. The first-order valence-corrected chi connectivity index (χ1v) is 11.5. The van der Waals surface area contributed by atoms with Crippen LogP contribution in [0.1, 0.15) is 51.0 Å². The van der Waals surface area contributed by atoms with E-state index >= 15 is 0 Å². The van der Waals surface area contributed by atoms with Gasteiger partial charge in [-0.2, -0.15) is 0 Å². The van der Waals surface area contributed by atoms with Gasteiger partial charge in [0.05, 0.1) is 19.0 Å². The Hall–Kier alpha value is -1.18. The summed E-state index contributed by atoms with van der Waals surface area (Å²) in [6, 6.07) is 0. The van der Waals surface area contributed by atoms with E-state index in [1.807, 2.05) is 4.57 Å². The third-order valence-electron chi connectivity index (χ3n) is 4.48. The molecule has 0 amide bonds. The van der Waals surface area contributed by atoms with E-state index in [1.165, 1.54) is 0 Å². The van der Waals surface area contributed by atoms with Crippen LogP contribution in [0.25, 0.3) is 0 Å². The lowest BCUT2D eigenvalue weighted by Crippen LogP contribution is -2.45. The van der Waals surface area contributed by atoms with Gasteiger partial charge in [-0.05, 0) is 37.9 Å². The Balaban J connectivity index is 2.81. The summed E-state index contributed by atoms with van der Waals surface area (Å²) in [5.41, 5.74) is 0.310. The minimum Gasteiger partial charge on any atom is -0.461 e. The molecule has 0 saturated carbocycles. The highest BCUT2D eigenvalue weighted by Gasteiger charge is 2.39. The number of aromatic nitrogens is 2. The highest BCUT2D eigenvalue weighted by molar-refractivity contribution is 6.74. The fraction of sp³-hybridized carbons (Fsp3) is 0.765. The number of hydrogen-bond acceptors (Lipinski definition) is 5. The Kier molecular flexibility index (Phi) is 7.63. The minimum absolute atomic E-state index is 0.0118. The Morgan fingerprint density at radius 1 is 1.42 bits per heavy atom. The van der Waals surface area contributed by atoms with Gasteiger partial charge >= 0.3 is 5.97 Å². The molecular weight excluding hydrogens is 324 g/mol. The standard InChI is InChI=1S/C17H32N2O4Si/c1-7-22-16(21)15-12-19(13-18-15)11-14(9-8-10-20)23-24(5,6)17(2,3)4/h12-14,20H,7-11H2,1-6H3. The van der Waals surface area contributed by atoms with E-state index < -0.39 is 14.3 Å². The molecule has 1 heterocycles. The molecule has 0 radical (unpaired) electrons. The van der Waals surface area contributed by atoms with Crippen molar-refractivity contribution in [2.24, 2.45) is 0 Å². The molecule has 138 valence electrons. The van der Waals surface area contributed by atoms with Crippen LogP contribution in [-0.2, 0) is 15.7 Å². The van der Waals surface area contributed by atoms with Crippen molar-refractivity contribution in [3.8, 4) is 0 Å². The molecule has 0 saturated heterocycles. The number of aliphatic hydroxyl groups excluding tert-OH is 1. The number of esters is 1. The first-order chi connectivity index (χ1) is 11.1. The molecule has 0 spiro atoms. The van der Waals surface area contributed by atoms with Crippen molar-refractivity contribution in [1.29, 1.82) is 0 Å². The van der Waals surface area contributed by atoms with Crippen LogP contribution in [0.15, 0.2) is 12.5 Å². The van der Waals surface area contributed by atoms with Gasteiger partial charge in [0.1, 0.15) is 0 Å². The summed E-state index contributed by atoms with van der Waals surface area (Å²) in [6.45, 7) is 13.9. The molecule has 6 nitrogen and oxygen atoms in total. The van der Waals surface area contributed by atoms with E-state index in [0.717, 1.165) is 6.42 Å². The third-order valence-corrected chi connectivity index (χ3v) is 9.02. The molecular formula is C17H32N2O4Si. The Morgan fingerprint density at radius 2 is 2.08 bits per heavy atom. The van der Waals surface area contributed by atoms with E-state index in [0.29, 0.717) is 25.3 Å². The second-order valence-electron chi connectivity index (χ2n) is 7.54. The minimum atomic E-state index is -1.91. The smallest absolute Gasteiger partial charge is 0.358 e. The maximum absolute atomic E-state index is 11.7. The summed E-state index contributed by atoms with van der Waals surface area (Å²) in [5, 5.41) is 9.27. The molecule has 24 heavy (non-hydrogen) atoms.